The molecule has 0 aromatic carbocycles. The third-order valence-electron chi connectivity index (χ3n) is 2.54. The molecule has 0 bridgehead atoms. The van der Waals surface area contributed by atoms with Crippen LogP contribution >= 0.6 is 0 Å². The van der Waals surface area contributed by atoms with E-state index in [9.17, 15) is 9.59 Å². The number of amides is 2. The van der Waals surface area contributed by atoms with Gasteiger partial charge in [0.1, 0.15) is 0 Å². The summed E-state index contributed by atoms with van der Waals surface area (Å²) in [6, 6.07) is 0. The summed E-state index contributed by atoms with van der Waals surface area (Å²) >= 11 is 0. The summed E-state index contributed by atoms with van der Waals surface area (Å²) < 4.78 is 5.17. The highest BCUT2D eigenvalue weighted by Crippen LogP contribution is 2.17. The van der Waals surface area contributed by atoms with E-state index in [1.54, 1.807) is 4.90 Å². The van der Waals surface area contributed by atoms with Crippen LogP contribution in [-0.2, 0) is 14.3 Å². The lowest BCUT2D eigenvalue weighted by atomic mass is 10.1. The molecule has 1 aliphatic heterocycles. The predicted octanol–water partition coefficient (Wildman–Crippen LogP) is -0.253. The summed E-state index contributed by atoms with van der Waals surface area (Å²) in [5.41, 5.74) is 5.16. The van der Waals surface area contributed by atoms with E-state index in [1.807, 2.05) is 6.92 Å². The quantitative estimate of drug-likeness (QED) is 0.619. The Labute approximate surface area is 89.6 Å². The lowest BCUT2D eigenvalue weighted by Crippen LogP contribution is -2.29. The normalized spacial score (nSPS) is 21.0. The van der Waals surface area contributed by atoms with Crippen molar-refractivity contribution in [2.75, 3.05) is 26.3 Å². The number of ether oxygens (including phenoxy) is 1. The van der Waals surface area contributed by atoms with Gasteiger partial charge in [-0.3, -0.25) is 9.59 Å². The Hall–Kier alpha value is -1.10. The second-order valence-corrected chi connectivity index (χ2v) is 3.69. The zero-order chi connectivity index (χ0) is 11.3. The number of primary amides is 1. The van der Waals surface area contributed by atoms with Crippen molar-refractivity contribution < 1.29 is 14.3 Å². The fraction of sp³-hybridized carbons (Fsp3) is 0.800. The molecule has 15 heavy (non-hydrogen) atoms. The molecule has 0 aromatic heterocycles. The SMILES string of the molecule is CCOCCCN1CC(C(N)=O)CC1=O. The molecule has 0 radical (unpaired) electrons. The van der Waals surface area contributed by atoms with Crippen LogP contribution in [0.3, 0.4) is 0 Å². The second-order valence-electron chi connectivity index (χ2n) is 3.69. The highest BCUT2D eigenvalue weighted by atomic mass is 16.5. The van der Waals surface area contributed by atoms with Gasteiger partial charge in [-0.1, -0.05) is 0 Å². The van der Waals surface area contributed by atoms with Gasteiger partial charge >= 0.3 is 0 Å². The molecule has 1 fully saturated rings. The zero-order valence-corrected chi connectivity index (χ0v) is 9.07. The molecular weight excluding hydrogens is 196 g/mol. The van der Waals surface area contributed by atoms with Crippen molar-refractivity contribution >= 4 is 11.8 Å². The van der Waals surface area contributed by atoms with Crippen molar-refractivity contribution in [2.45, 2.75) is 19.8 Å². The van der Waals surface area contributed by atoms with Crippen LogP contribution in [0, 0.1) is 5.92 Å². The summed E-state index contributed by atoms with van der Waals surface area (Å²) in [7, 11) is 0. The van der Waals surface area contributed by atoms with Gasteiger partial charge in [-0.2, -0.15) is 0 Å². The molecule has 1 unspecified atom stereocenters. The molecular formula is C10H18N2O3. The van der Waals surface area contributed by atoms with Gasteiger partial charge in [-0.25, -0.2) is 0 Å². The number of carbonyl (C=O) groups is 2. The van der Waals surface area contributed by atoms with E-state index in [-0.39, 0.29) is 24.2 Å². The molecule has 5 nitrogen and oxygen atoms in total. The lowest BCUT2D eigenvalue weighted by Gasteiger charge is -2.15. The van der Waals surface area contributed by atoms with Crippen LogP contribution in [0.25, 0.3) is 0 Å². The van der Waals surface area contributed by atoms with Crippen LogP contribution in [0.15, 0.2) is 0 Å². The highest BCUT2D eigenvalue weighted by molar-refractivity contribution is 5.88. The number of carbonyl (C=O) groups excluding carboxylic acids is 2. The number of hydrogen-bond acceptors (Lipinski definition) is 3. The molecule has 1 heterocycles. The van der Waals surface area contributed by atoms with Crippen molar-refractivity contribution in [1.82, 2.24) is 4.90 Å². The minimum absolute atomic E-state index is 0.0234. The second kappa shape index (κ2) is 5.70. The Morgan fingerprint density at radius 3 is 2.93 bits per heavy atom. The molecule has 86 valence electrons. The first-order valence-corrected chi connectivity index (χ1v) is 5.30. The van der Waals surface area contributed by atoms with Gasteiger partial charge in [0.25, 0.3) is 0 Å². The molecule has 1 saturated heterocycles. The van der Waals surface area contributed by atoms with Crippen LogP contribution in [0.4, 0.5) is 0 Å². The van der Waals surface area contributed by atoms with Gasteiger partial charge in [0.15, 0.2) is 0 Å². The molecule has 0 spiro atoms. The minimum atomic E-state index is -0.379. The van der Waals surface area contributed by atoms with Crippen LogP contribution in [-0.4, -0.2) is 43.0 Å². The van der Waals surface area contributed by atoms with E-state index in [1.165, 1.54) is 0 Å². The third kappa shape index (κ3) is 3.51. The van der Waals surface area contributed by atoms with Gasteiger partial charge in [0.2, 0.25) is 11.8 Å². The van der Waals surface area contributed by atoms with E-state index >= 15 is 0 Å². The van der Waals surface area contributed by atoms with Gasteiger partial charge < -0.3 is 15.4 Å². The van der Waals surface area contributed by atoms with Gasteiger partial charge in [0.05, 0.1) is 5.92 Å². The van der Waals surface area contributed by atoms with E-state index in [2.05, 4.69) is 0 Å². The molecule has 2 amide bonds. The Balaban J connectivity index is 2.25. The van der Waals surface area contributed by atoms with E-state index < -0.39 is 0 Å². The maximum atomic E-state index is 11.4. The monoisotopic (exact) mass is 214 g/mol. The van der Waals surface area contributed by atoms with Gasteiger partial charge in [-0.15, -0.1) is 0 Å². The average Bonchev–Trinajstić information content (AvgIpc) is 2.55. The lowest BCUT2D eigenvalue weighted by molar-refractivity contribution is -0.128. The number of likely N-dealkylation sites (tertiary alicyclic amines) is 1. The first-order chi connectivity index (χ1) is 7.15. The first-order valence-electron chi connectivity index (χ1n) is 5.30. The number of rotatable bonds is 6. The van der Waals surface area contributed by atoms with E-state index in [0.717, 1.165) is 6.42 Å². The number of hydrogen-bond donors (Lipinski definition) is 1. The Morgan fingerprint density at radius 2 is 2.40 bits per heavy atom. The smallest absolute Gasteiger partial charge is 0.223 e. The standard InChI is InChI=1S/C10H18N2O3/c1-2-15-5-3-4-12-7-8(10(11)14)6-9(12)13/h8H,2-7H2,1H3,(H2,11,14). The van der Waals surface area contributed by atoms with Crippen molar-refractivity contribution in [3.63, 3.8) is 0 Å². The van der Waals surface area contributed by atoms with Crippen LogP contribution in [0.1, 0.15) is 19.8 Å². The van der Waals surface area contributed by atoms with E-state index in [0.29, 0.717) is 26.3 Å². The third-order valence-corrected chi connectivity index (χ3v) is 2.54. The largest absolute Gasteiger partial charge is 0.382 e. The van der Waals surface area contributed by atoms with Crippen molar-refractivity contribution in [2.24, 2.45) is 11.7 Å². The maximum absolute atomic E-state index is 11.4. The Morgan fingerprint density at radius 1 is 1.67 bits per heavy atom. The van der Waals surface area contributed by atoms with Gasteiger partial charge in [0, 0.05) is 32.7 Å². The molecule has 1 atom stereocenters. The van der Waals surface area contributed by atoms with Crippen molar-refractivity contribution in [3.8, 4) is 0 Å². The summed E-state index contributed by atoms with van der Waals surface area (Å²) in [6.07, 6.45) is 1.08. The van der Waals surface area contributed by atoms with Crippen LogP contribution in [0.5, 0.6) is 0 Å². The average molecular weight is 214 g/mol. The summed E-state index contributed by atoms with van der Waals surface area (Å²) in [6.45, 7) is 4.41. The summed E-state index contributed by atoms with van der Waals surface area (Å²) in [5.74, 6) is -0.657. The topological polar surface area (TPSA) is 72.6 Å². The van der Waals surface area contributed by atoms with Crippen molar-refractivity contribution in [3.05, 3.63) is 0 Å². The molecule has 1 rings (SSSR count). The fourth-order valence-corrected chi connectivity index (χ4v) is 1.68. The number of nitrogens with zero attached hydrogens (tertiary/aromatic N) is 1. The molecule has 5 heteroatoms. The molecule has 0 aromatic rings. The molecule has 2 N–H and O–H groups in total. The molecule has 0 saturated carbocycles. The highest BCUT2D eigenvalue weighted by Gasteiger charge is 2.32. The summed E-state index contributed by atoms with van der Waals surface area (Å²) in [4.78, 5) is 24.0. The Bertz CT molecular complexity index is 243. The first kappa shape index (κ1) is 12.0. The molecule has 0 aliphatic carbocycles. The minimum Gasteiger partial charge on any atom is -0.382 e. The predicted molar refractivity (Wildman–Crippen MR) is 55.0 cm³/mol. The van der Waals surface area contributed by atoms with Gasteiger partial charge in [-0.05, 0) is 13.3 Å². The molecule has 1 aliphatic rings. The fourth-order valence-electron chi connectivity index (χ4n) is 1.68. The zero-order valence-electron chi connectivity index (χ0n) is 9.07. The maximum Gasteiger partial charge on any atom is 0.223 e. The van der Waals surface area contributed by atoms with Crippen LogP contribution in [0.2, 0.25) is 0 Å². The number of nitrogens with two attached hydrogens (primary N) is 1. The van der Waals surface area contributed by atoms with Crippen LogP contribution < -0.4 is 5.73 Å². The van der Waals surface area contributed by atoms with E-state index in [4.69, 9.17) is 10.5 Å². The summed E-state index contributed by atoms with van der Waals surface area (Å²) in [5, 5.41) is 0. The Kier molecular flexibility index (Phi) is 4.55. The van der Waals surface area contributed by atoms with Crippen molar-refractivity contribution in [1.29, 1.82) is 0 Å².